The van der Waals surface area contributed by atoms with Gasteiger partial charge in [-0.1, -0.05) is 6.07 Å². The maximum absolute atomic E-state index is 11.6. The molecule has 2 N–H and O–H groups in total. The van der Waals surface area contributed by atoms with Crippen molar-refractivity contribution in [1.29, 1.82) is 0 Å². The predicted octanol–water partition coefficient (Wildman–Crippen LogP) is 1.90. The summed E-state index contributed by atoms with van der Waals surface area (Å²) < 4.78 is 10.6. The van der Waals surface area contributed by atoms with Gasteiger partial charge in [-0.15, -0.1) is 0 Å². The summed E-state index contributed by atoms with van der Waals surface area (Å²) in [6, 6.07) is 5.66. The van der Waals surface area contributed by atoms with Crippen molar-refractivity contribution in [3.63, 3.8) is 0 Å². The number of ether oxygens (including phenoxy) is 2. The van der Waals surface area contributed by atoms with E-state index in [1.165, 1.54) is 0 Å². The molecule has 4 heteroatoms. The molecular formula is C14H19NO3. The smallest absolute Gasteiger partial charge is 0.314 e. The van der Waals surface area contributed by atoms with Gasteiger partial charge in [-0.25, -0.2) is 0 Å². The van der Waals surface area contributed by atoms with Crippen LogP contribution in [0.4, 0.5) is 0 Å². The van der Waals surface area contributed by atoms with Gasteiger partial charge in [0.25, 0.3) is 0 Å². The lowest BCUT2D eigenvalue weighted by Crippen LogP contribution is -2.10. The van der Waals surface area contributed by atoms with Gasteiger partial charge in [0, 0.05) is 0 Å². The van der Waals surface area contributed by atoms with Crippen molar-refractivity contribution in [2.45, 2.75) is 25.7 Å². The molecule has 1 aromatic rings. The Morgan fingerprint density at radius 3 is 2.78 bits per heavy atom. The molecule has 4 nitrogen and oxygen atoms in total. The van der Waals surface area contributed by atoms with Crippen molar-refractivity contribution in [1.82, 2.24) is 0 Å². The zero-order valence-electron chi connectivity index (χ0n) is 10.6. The van der Waals surface area contributed by atoms with Crippen LogP contribution in [0.2, 0.25) is 0 Å². The molecule has 0 bridgehead atoms. The van der Waals surface area contributed by atoms with Gasteiger partial charge in [0.1, 0.15) is 0 Å². The van der Waals surface area contributed by atoms with Gasteiger partial charge >= 0.3 is 5.97 Å². The van der Waals surface area contributed by atoms with E-state index in [-0.39, 0.29) is 11.9 Å². The molecule has 0 spiro atoms. The van der Waals surface area contributed by atoms with E-state index >= 15 is 0 Å². The third-order valence-corrected chi connectivity index (χ3v) is 3.02. The molecule has 0 heterocycles. The van der Waals surface area contributed by atoms with Gasteiger partial charge in [-0.3, -0.25) is 4.79 Å². The fourth-order valence-corrected chi connectivity index (χ4v) is 1.77. The van der Waals surface area contributed by atoms with Crippen LogP contribution in [0.1, 0.15) is 24.8 Å². The Kier molecular flexibility index (Phi) is 4.20. The molecular weight excluding hydrogens is 230 g/mol. The van der Waals surface area contributed by atoms with E-state index in [1.54, 1.807) is 13.2 Å². The normalized spacial score (nSPS) is 14.3. The number of carbonyl (C=O) groups excluding carboxylic acids is 1. The monoisotopic (exact) mass is 249 g/mol. The summed E-state index contributed by atoms with van der Waals surface area (Å²) in [6.45, 7) is 0.667. The Morgan fingerprint density at radius 2 is 2.17 bits per heavy atom. The van der Waals surface area contributed by atoms with Crippen LogP contribution < -0.4 is 15.2 Å². The van der Waals surface area contributed by atoms with E-state index in [0.717, 1.165) is 31.2 Å². The molecule has 0 unspecified atom stereocenters. The van der Waals surface area contributed by atoms with Crippen LogP contribution >= 0.6 is 0 Å². The first kappa shape index (κ1) is 12.9. The van der Waals surface area contributed by atoms with Crippen molar-refractivity contribution in [2.24, 2.45) is 11.7 Å². The zero-order chi connectivity index (χ0) is 13.0. The largest absolute Gasteiger partial charge is 0.493 e. The van der Waals surface area contributed by atoms with Crippen LogP contribution in [0.15, 0.2) is 18.2 Å². The van der Waals surface area contributed by atoms with Crippen molar-refractivity contribution in [2.75, 3.05) is 13.7 Å². The third kappa shape index (κ3) is 3.23. The topological polar surface area (TPSA) is 61.6 Å². The zero-order valence-corrected chi connectivity index (χ0v) is 10.6. The minimum absolute atomic E-state index is 0.0895. The molecule has 0 aliphatic heterocycles. The Labute approximate surface area is 107 Å². The van der Waals surface area contributed by atoms with Crippen molar-refractivity contribution in [3.05, 3.63) is 23.8 Å². The van der Waals surface area contributed by atoms with E-state index in [2.05, 4.69) is 0 Å². The van der Waals surface area contributed by atoms with E-state index in [1.807, 2.05) is 12.1 Å². The molecule has 1 aromatic carbocycles. The number of rotatable bonds is 6. The number of hydrogen-bond donors (Lipinski definition) is 1. The quantitative estimate of drug-likeness (QED) is 0.618. The van der Waals surface area contributed by atoms with E-state index in [9.17, 15) is 4.79 Å². The lowest BCUT2D eigenvalue weighted by Gasteiger charge is -2.10. The van der Waals surface area contributed by atoms with Gasteiger partial charge in [-0.2, -0.15) is 0 Å². The van der Waals surface area contributed by atoms with E-state index in [0.29, 0.717) is 18.0 Å². The van der Waals surface area contributed by atoms with Crippen LogP contribution in [-0.2, 0) is 11.2 Å². The second kappa shape index (κ2) is 5.87. The van der Waals surface area contributed by atoms with Crippen LogP contribution in [0.5, 0.6) is 11.5 Å². The van der Waals surface area contributed by atoms with Gasteiger partial charge in [0.05, 0.1) is 13.0 Å². The van der Waals surface area contributed by atoms with Crippen molar-refractivity contribution < 1.29 is 14.3 Å². The molecule has 0 radical (unpaired) electrons. The van der Waals surface area contributed by atoms with Crippen molar-refractivity contribution in [3.8, 4) is 11.5 Å². The summed E-state index contributed by atoms with van der Waals surface area (Å²) in [6.07, 6.45) is 3.72. The van der Waals surface area contributed by atoms with Gasteiger partial charge < -0.3 is 15.2 Å². The molecule has 18 heavy (non-hydrogen) atoms. The molecule has 1 aliphatic carbocycles. The number of methoxy groups -OCH3 is 1. The Morgan fingerprint density at radius 1 is 1.39 bits per heavy atom. The number of aryl methyl sites for hydroxylation is 1. The summed E-state index contributed by atoms with van der Waals surface area (Å²) in [5, 5.41) is 0. The number of carbonyl (C=O) groups is 1. The Balaban J connectivity index is 2.06. The molecule has 1 saturated carbocycles. The predicted molar refractivity (Wildman–Crippen MR) is 68.7 cm³/mol. The van der Waals surface area contributed by atoms with Crippen LogP contribution in [-0.4, -0.2) is 19.6 Å². The second-order valence-corrected chi connectivity index (χ2v) is 4.57. The molecule has 0 saturated heterocycles. The summed E-state index contributed by atoms with van der Waals surface area (Å²) in [5.74, 6) is 1.05. The van der Waals surface area contributed by atoms with Gasteiger partial charge in [0.2, 0.25) is 0 Å². The third-order valence-electron chi connectivity index (χ3n) is 3.02. The average molecular weight is 249 g/mol. The highest BCUT2D eigenvalue weighted by Crippen LogP contribution is 2.34. The van der Waals surface area contributed by atoms with Crippen molar-refractivity contribution >= 4 is 5.97 Å². The maximum Gasteiger partial charge on any atom is 0.314 e. The molecule has 0 atom stereocenters. The fraction of sp³-hybridized carbons (Fsp3) is 0.500. The minimum Gasteiger partial charge on any atom is -0.493 e. The van der Waals surface area contributed by atoms with Crippen LogP contribution in [0.25, 0.3) is 0 Å². The first-order chi connectivity index (χ1) is 8.74. The van der Waals surface area contributed by atoms with E-state index < -0.39 is 0 Å². The standard InChI is InChI=1S/C14H19NO3/c1-17-13-9-10(3-2-8-15)4-7-12(13)18-14(16)11-5-6-11/h4,7,9,11H,2-3,5-6,8,15H2,1H3. The van der Waals surface area contributed by atoms with Crippen LogP contribution in [0, 0.1) is 5.92 Å². The summed E-state index contributed by atoms with van der Waals surface area (Å²) in [4.78, 5) is 11.6. The van der Waals surface area contributed by atoms with Gasteiger partial charge in [-0.05, 0) is 49.9 Å². The molecule has 2 rings (SSSR count). The maximum atomic E-state index is 11.6. The van der Waals surface area contributed by atoms with Crippen LogP contribution in [0.3, 0.4) is 0 Å². The molecule has 1 aliphatic rings. The fourth-order valence-electron chi connectivity index (χ4n) is 1.77. The number of nitrogens with two attached hydrogens (primary N) is 1. The lowest BCUT2D eigenvalue weighted by molar-refractivity contribution is -0.135. The average Bonchev–Trinajstić information content (AvgIpc) is 3.21. The molecule has 0 amide bonds. The molecule has 1 fully saturated rings. The SMILES string of the molecule is COc1cc(CCCN)ccc1OC(=O)C1CC1. The highest BCUT2D eigenvalue weighted by molar-refractivity contribution is 5.78. The van der Waals surface area contributed by atoms with Gasteiger partial charge in [0.15, 0.2) is 11.5 Å². The highest BCUT2D eigenvalue weighted by atomic mass is 16.6. The summed E-state index contributed by atoms with van der Waals surface area (Å²) >= 11 is 0. The summed E-state index contributed by atoms with van der Waals surface area (Å²) in [7, 11) is 1.58. The first-order valence-corrected chi connectivity index (χ1v) is 6.33. The second-order valence-electron chi connectivity index (χ2n) is 4.57. The number of esters is 1. The number of hydrogen-bond acceptors (Lipinski definition) is 4. The Hall–Kier alpha value is -1.55. The summed E-state index contributed by atoms with van der Waals surface area (Å²) in [5.41, 5.74) is 6.62. The first-order valence-electron chi connectivity index (χ1n) is 6.33. The molecule has 98 valence electrons. The van der Waals surface area contributed by atoms with E-state index in [4.69, 9.17) is 15.2 Å². The Bertz CT molecular complexity index is 427. The minimum atomic E-state index is -0.150. The number of benzene rings is 1. The lowest BCUT2D eigenvalue weighted by atomic mass is 10.1. The molecule has 0 aromatic heterocycles. The highest BCUT2D eigenvalue weighted by Gasteiger charge is 2.32.